The number of carbonyl (C=O) groups excluding carboxylic acids is 1. The molecule has 0 aliphatic carbocycles. The summed E-state index contributed by atoms with van der Waals surface area (Å²) in [5.74, 6) is 2.09. The summed E-state index contributed by atoms with van der Waals surface area (Å²) < 4.78 is 10.4. The highest BCUT2D eigenvalue weighted by Gasteiger charge is 2.11. The summed E-state index contributed by atoms with van der Waals surface area (Å²) in [5.41, 5.74) is 4.41. The molecule has 0 saturated heterocycles. The molecule has 0 radical (unpaired) electrons. The number of nitrogens with zero attached hydrogens (tertiary/aromatic N) is 3. The van der Waals surface area contributed by atoms with Crippen LogP contribution >= 0.6 is 0 Å². The van der Waals surface area contributed by atoms with Crippen molar-refractivity contribution < 1.29 is 14.3 Å². The molecule has 4 N–H and O–H groups in total. The molecule has 4 aromatic rings. The van der Waals surface area contributed by atoms with E-state index in [1.54, 1.807) is 14.2 Å². The van der Waals surface area contributed by atoms with Crippen molar-refractivity contribution in [3.05, 3.63) is 77.9 Å². The molecule has 190 valence electrons. The average molecular weight is 500 g/mol. The summed E-state index contributed by atoms with van der Waals surface area (Å²) in [6, 6.07) is 20.6. The lowest BCUT2D eigenvalue weighted by atomic mass is 10.1. The molecule has 3 aromatic carbocycles. The predicted molar refractivity (Wildman–Crippen MR) is 145 cm³/mol. The maximum atomic E-state index is 12.6. The first-order valence-corrected chi connectivity index (χ1v) is 11.6. The number of hydrogen-bond acceptors (Lipinski definition) is 9. The zero-order chi connectivity index (χ0) is 26.2. The second-order valence-corrected chi connectivity index (χ2v) is 8.23. The monoisotopic (exact) mass is 499 g/mol. The van der Waals surface area contributed by atoms with Crippen LogP contribution in [0, 0.1) is 13.8 Å². The van der Waals surface area contributed by atoms with E-state index in [0.29, 0.717) is 11.9 Å². The molecule has 0 spiro atoms. The van der Waals surface area contributed by atoms with Gasteiger partial charge in [-0.1, -0.05) is 17.7 Å². The lowest BCUT2D eigenvalue weighted by molar-refractivity contribution is -0.114. The van der Waals surface area contributed by atoms with E-state index in [1.807, 2.05) is 80.6 Å². The molecular formula is C27H29N7O3. The Hall–Kier alpha value is -4.86. The van der Waals surface area contributed by atoms with Gasteiger partial charge in [0.25, 0.3) is 0 Å². The Morgan fingerprint density at radius 3 is 1.73 bits per heavy atom. The number of methoxy groups -OCH3 is 2. The fourth-order valence-corrected chi connectivity index (χ4v) is 3.48. The van der Waals surface area contributed by atoms with Gasteiger partial charge < -0.3 is 30.7 Å². The van der Waals surface area contributed by atoms with Gasteiger partial charge in [0.1, 0.15) is 11.5 Å². The molecule has 10 nitrogen and oxygen atoms in total. The molecule has 0 fully saturated rings. The molecule has 0 aliphatic rings. The molecule has 1 heterocycles. The normalized spacial score (nSPS) is 10.4. The molecule has 0 bridgehead atoms. The minimum Gasteiger partial charge on any atom is -0.497 e. The van der Waals surface area contributed by atoms with Gasteiger partial charge in [0.15, 0.2) is 0 Å². The van der Waals surface area contributed by atoms with Crippen molar-refractivity contribution in [2.24, 2.45) is 0 Å². The van der Waals surface area contributed by atoms with Gasteiger partial charge in [-0.15, -0.1) is 0 Å². The van der Waals surface area contributed by atoms with Crippen LogP contribution in [0.15, 0.2) is 66.7 Å². The van der Waals surface area contributed by atoms with E-state index in [2.05, 4.69) is 36.2 Å². The van der Waals surface area contributed by atoms with E-state index in [-0.39, 0.29) is 18.4 Å². The number of rotatable bonds is 10. The number of aryl methyl sites for hydroxylation is 2. The molecule has 37 heavy (non-hydrogen) atoms. The number of carbonyl (C=O) groups is 1. The fraction of sp³-hybridized carbons (Fsp3) is 0.185. The van der Waals surface area contributed by atoms with Crippen molar-refractivity contribution in [2.45, 2.75) is 13.8 Å². The number of aromatic nitrogens is 3. The standard InChI is InChI=1S/C27H29N7O3/c1-17-5-14-23(18(2)15-17)31-24(35)16-28-25-32-26(29-19-6-10-21(36-3)11-7-19)34-27(33-25)30-20-8-12-22(37-4)13-9-20/h5-15H,16H2,1-4H3,(H,31,35)(H3,28,29,30,32,33,34). The zero-order valence-corrected chi connectivity index (χ0v) is 21.1. The molecule has 0 saturated carbocycles. The van der Waals surface area contributed by atoms with Gasteiger partial charge in [0.2, 0.25) is 23.8 Å². The van der Waals surface area contributed by atoms with Crippen molar-refractivity contribution >= 4 is 40.8 Å². The Bertz CT molecular complexity index is 1290. The zero-order valence-electron chi connectivity index (χ0n) is 21.1. The minimum absolute atomic E-state index is 0.0265. The van der Waals surface area contributed by atoms with E-state index in [4.69, 9.17) is 9.47 Å². The minimum atomic E-state index is -0.221. The van der Waals surface area contributed by atoms with Crippen molar-refractivity contribution in [1.29, 1.82) is 0 Å². The van der Waals surface area contributed by atoms with Crippen LogP contribution in [0.4, 0.5) is 34.9 Å². The summed E-state index contributed by atoms with van der Waals surface area (Å²) in [7, 11) is 3.22. The third-order valence-electron chi connectivity index (χ3n) is 5.39. The quantitative estimate of drug-likeness (QED) is 0.238. The smallest absolute Gasteiger partial charge is 0.243 e. The van der Waals surface area contributed by atoms with Crippen LogP contribution in [0.3, 0.4) is 0 Å². The SMILES string of the molecule is COc1ccc(Nc2nc(NCC(=O)Nc3ccc(C)cc3C)nc(Nc3ccc(OC)cc3)n2)cc1. The Morgan fingerprint density at radius 1 is 0.730 bits per heavy atom. The summed E-state index contributed by atoms with van der Waals surface area (Å²) in [5, 5.41) is 12.2. The maximum Gasteiger partial charge on any atom is 0.243 e. The summed E-state index contributed by atoms with van der Waals surface area (Å²) in [4.78, 5) is 25.9. The van der Waals surface area contributed by atoms with Crippen molar-refractivity contribution in [3.63, 3.8) is 0 Å². The Balaban J connectivity index is 1.51. The van der Waals surface area contributed by atoms with Crippen molar-refractivity contribution in [3.8, 4) is 11.5 Å². The van der Waals surface area contributed by atoms with Crippen LogP contribution in [0.5, 0.6) is 11.5 Å². The first-order valence-electron chi connectivity index (χ1n) is 11.6. The van der Waals surface area contributed by atoms with E-state index in [9.17, 15) is 4.79 Å². The number of ether oxygens (including phenoxy) is 2. The van der Waals surface area contributed by atoms with Gasteiger partial charge in [0, 0.05) is 17.1 Å². The van der Waals surface area contributed by atoms with Gasteiger partial charge >= 0.3 is 0 Å². The van der Waals surface area contributed by atoms with Crippen LogP contribution < -0.4 is 30.7 Å². The maximum absolute atomic E-state index is 12.6. The highest BCUT2D eigenvalue weighted by atomic mass is 16.5. The molecule has 0 aliphatic heterocycles. The summed E-state index contributed by atoms with van der Waals surface area (Å²) >= 11 is 0. The third kappa shape index (κ3) is 7.07. The Morgan fingerprint density at radius 2 is 1.24 bits per heavy atom. The molecule has 4 rings (SSSR count). The van der Waals surface area contributed by atoms with Crippen LogP contribution in [-0.4, -0.2) is 41.6 Å². The molecule has 1 amide bonds. The summed E-state index contributed by atoms with van der Waals surface area (Å²) in [6.07, 6.45) is 0. The van der Waals surface area contributed by atoms with Crippen LogP contribution in [-0.2, 0) is 4.79 Å². The van der Waals surface area contributed by atoms with Gasteiger partial charge in [0.05, 0.1) is 20.8 Å². The molecular weight excluding hydrogens is 470 g/mol. The number of benzene rings is 3. The topological polar surface area (TPSA) is 122 Å². The number of nitrogens with one attached hydrogen (secondary N) is 4. The first kappa shape index (κ1) is 25.2. The van der Waals surface area contributed by atoms with Crippen LogP contribution in [0.25, 0.3) is 0 Å². The second kappa shape index (κ2) is 11.7. The molecule has 0 unspecified atom stereocenters. The molecule has 1 aromatic heterocycles. The largest absolute Gasteiger partial charge is 0.497 e. The average Bonchev–Trinajstić information content (AvgIpc) is 2.90. The lowest BCUT2D eigenvalue weighted by Gasteiger charge is -2.13. The molecule has 10 heteroatoms. The van der Waals surface area contributed by atoms with E-state index in [1.165, 1.54) is 0 Å². The highest BCUT2D eigenvalue weighted by molar-refractivity contribution is 5.94. The summed E-state index contributed by atoms with van der Waals surface area (Å²) in [6.45, 7) is 3.94. The van der Waals surface area contributed by atoms with E-state index in [0.717, 1.165) is 39.7 Å². The van der Waals surface area contributed by atoms with Crippen LogP contribution in [0.2, 0.25) is 0 Å². The van der Waals surface area contributed by atoms with Gasteiger partial charge in [-0.05, 0) is 74.0 Å². The first-order chi connectivity index (χ1) is 17.9. The van der Waals surface area contributed by atoms with Gasteiger partial charge in [-0.3, -0.25) is 4.79 Å². The third-order valence-corrected chi connectivity index (χ3v) is 5.39. The Kier molecular flexibility index (Phi) is 7.99. The lowest BCUT2D eigenvalue weighted by Crippen LogP contribution is -2.23. The predicted octanol–water partition coefficient (Wildman–Crippen LogP) is 5.04. The van der Waals surface area contributed by atoms with Gasteiger partial charge in [-0.2, -0.15) is 15.0 Å². The van der Waals surface area contributed by atoms with Crippen molar-refractivity contribution in [2.75, 3.05) is 42.0 Å². The number of hydrogen-bond donors (Lipinski definition) is 4. The van der Waals surface area contributed by atoms with Crippen molar-refractivity contribution in [1.82, 2.24) is 15.0 Å². The Labute approximate surface area is 215 Å². The second-order valence-electron chi connectivity index (χ2n) is 8.23. The van der Waals surface area contributed by atoms with Crippen LogP contribution in [0.1, 0.15) is 11.1 Å². The number of anilines is 6. The van der Waals surface area contributed by atoms with E-state index >= 15 is 0 Å². The van der Waals surface area contributed by atoms with Gasteiger partial charge in [-0.25, -0.2) is 0 Å². The number of amides is 1. The van der Waals surface area contributed by atoms with E-state index < -0.39 is 0 Å². The molecule has 0 atom stereocenters. The fourth-order valence-electron chi connectivity index (χ4n) is 3.48. The highest BCUT2D eigenvalue weighted by Crippen LogP contribution is 2.22.